The Bertz CT molecular complexity index is 1530. The van der Waals surface area contributed by atoms with Gasteiger partial charge in [0.2, 0.25) is 0 Å². The van der Waals surface area contributed by atoms with E-state index in [1.54, 1.807) is 0 Å². The lowest BCUT2D eigenvalue weighted by Gasteiger charge is -2.18. The number of ether oxygens (including phenoxy) is 3. The summed E-state index contributed by atoms with van der Waals surface area (Å²) < 4.78 is 16.9. The number of carbonyl (C=O) groups is 3. The van der Waals surface area contributed by atoms with Gasteiger partial charge in [-0.25, -0.2) is 0 Å². The van der Waals surface area contributed by atoms with Crippen molar-refractivity contribution in [3.63, 3.8) is 0 Å². The fourth-order valence-electron chi connectivity index (χ4n) is 9.32. The van der Waals surface area contributed by atoms with E-state index in [0.29, 0.717) is 19.3 Å². The highest BCUT2D eigenvalue weighted by molar-refractivity contribution is 5.71. The molecule has 0 radical (unpaired) electrons. The van der Waals surface area contributed by atoms with Gasteiger partial charge in [-0.05, 0) is 122 Å². The van der Waals surface area contributed by atoms with Crippen LogP contribution in [0.5, 0.6) is 0 Å². The Kier molecular flexibility index (Phi) is 62.7. The van der Waals surface area contributed by atoms with E-state index >= 15 is 0 Å². The molecule has 0 aromatic heterocycles. The molecule has 0 saturated heterocycles. The van der Waals surface area contributed by atoms with Crippen molar-refractivity contribution in [2.75, 3.05) is 13.2 Å². The van der Waals surface area contributed by atoms with Crippen molar-refractivity contribution >= 4 is 17.9 Å². The Hall–Kier alpha value is -3.67. The molecule has 0 amide bonds. The van der Waals surface area contributed by atoms with Crippen LogP contribution in [-0.4, -0.2) is 37.2 Å². The van der Waals surface area contributed by atoms with Gasteiger partial charge in [0.05, 0.1) is 0 Å². The van der Waals surface area contributed by atoms with Gasteiger partial charge in [0, 0.05) is 19.3 Å². The zero-order valence-corrected chi connectivity index (χ0v) is 51.4. The quantitative estimate of drug-likeness (QED) is 0.0261. The molecular formula is C72H124O6. The molecule has 0 rings (SSSR count). The van der Waals surface area contributed by atoms with Gasteiger partial charge in [-0.15, -0.1) is 0 Å². The average Bonchev–Trinajstić information content (AvgIpc) is 3.44. The topological polar surface area (TPSA) is 78.9 Å². The van der Waals surface area contributed by atoms with Gasteiger partial charge in [0.25, 0.3) is 0 Å². The van der Waals surface area contributed by atoms with E-state index in [9.17, 15) is 14.4 Å². The van der Waals surface area contributed by atoms with Gasteiger partial charge >= 0.3 is 17.9 Å². The third kappa shape index (κ3) is 63.2. The Morgan fingerprint density at radius 1 is 0.269 bits per heavy atom. The lowest BCUT2D eigenvalue weighted by molar-refractivity contribution is -0.167. The third-order valence-electron chi connectivity index (χ3n) is 14.3. The van der Waals surface area contributed by atoms with Crippen LogP contribution >= 0.6 is 0 Å². The van der Waals surface area contributed by atoms with Crippen LogP contribution in [0.15, 0.2) is 97.2 Å². The molecule has 0 aliphatic heterocycles. The van der Waals surface area contributed by atoms with E-state index in [1.165, 1.54) is 180 Å². The fraction of sp³-hybridized carbons (Fsp3) is 0.736. The SMILES string of the molecule is CC/C=C\C/C=C\C/C=C\C/C=C\C/C=C\CCCCCCCCCCCCCC(=O)OCC(COC(=O)CCCCCCC/C=C\CCCCCCC)OC(=O)CCCCCCCCCCC/C=C\C/C=C\CCCCC. The van der Waals surface area contributed by atoms with Crippen molar-refractivity contribution in [3.8, 4) is 0 Å². The summed E-state index contributed by atoms with van der Waals surface area (Å²) >= 11 is 0. The maximum Gasteiger partial charge on any atom is 0.306 e. The smallest absolute Gasteiger partial charge is 0.306 e. The predicted molar refractivity (Wildman–Crippen MR) is 339 cm³/mol. The van der Waals surface area contributed by atoms with Gasteiger partial charge < -0.3 is 14.2 Å². The Balaban J connectivity index is 4.32. The molecule has 6 heteroatoms. The summed E-state index contributed by atoms with van der Waals surface area (Å²) in [5.41, 5.74) is 0. The van der Waals surface area contributed by atoms with Crippen LogP contribution < -0.4 is 0 Å². The monoisotopic (exact) mass is 1080 g/mol. The maximum absolute atomic E-state index is 12.9. The lowest BCUT2D eigenvalue weighted by atomic mass is 10.0. The molecule has 0 aromatic carbocycles. The van der Waals surface area contributed by atoms with Crippen molar-refractivity contribution in [1.29, 1.82) is 0 Å². The molecule has 0 spiro atoms. The number of esters is 3. The third-order valence-corrected chi connectivity index (χ3v) is 14.3. The minimum Gasteiger partial charge on any atom is -0.462 e. The summed E-state index contributed by atoms with van der Waals surface area (Å²) in [5, 5.41) is 0. The number of allylic oxidation sites excluding steroid dienone is 16. The molecule has 448 valence electrons. The molecule has 78 heavy (non-hydrogen) atoms. The molecular weight excluding hydrogens is 961 g/mol. The van der Waals surface area contributed by atoms with Crippen LogP contribution in [-0.2, 0) is 28.6 Å². The minimum absolute atomic E-state index is 0.0820. The van der Waals surface area contributed by atoms with Crippen LogP contribution in [0.2, 0.25) is 0 Å². The van der Waals surface area contributed by atoms with Gasteiger partial charge in [-0.3, -0.25) is 14.4 Å². The normalized spacial score (nSPS) is 12.7. The summed E-state index contributed by atoms with van der Waals surface area (Å²) in [5.74, 6) is -0.885. The minimum atomic E-state index is -0.786. The van der Waals surface area contributed by atoms with E-state index in [-0.39, 0.29) is 31.1 Å². The molecule has 0 bridgehead atoms. The second kappa shape index (κ2) is 65.8. The maximum atomic E-state index is 12.9. The summed E-state index contributed by atoms with van der Waals surface area (Å²) in [4.78, 5) is 38.4. The van der Waals surface area contributed by atoms with Crippen molar-refractivity contribution in [3.05, 3.63) is 97.2 Å². The summed E-state index contributed by atoms with van der Waals surface area (Å²) in [6.07, 6.45) is 88.4. The number of hydrogen-bond donors (Lipinski definition) is 0. The first-order valence-corrected chi connectivity index (χ1v) is 33.2. The molecule has 0 heterocycles. The highest BCUT2D eigenvalue weighted by Gasteiger charge is 2.19. The fourth-order valence-corrected chi connectivity index (χ4v) is 9.32. The van der Waals surface area contributed by atoms with E-state index < -0.39 is 6.10 Å². The number of rotatable bonds is 60. The summed E-state index contributed by atoms with van der Waals surface area (Å²) in [6.45, 7) is 6.51. The second-order valence-electron chi connectivity index (χ2n) is 22.0. The highest BCUT2D eigenvalue weighted by Crippen LogP contribution is 2.16. The molecule has 0 aliphatic carbocycles. The Morgan fingerprint density at radius 2 is 0.500 bits per heavy atom. The van der Waals surface area contributed by atoms with Gasteiger partial charge in [-0.2, -0.15) is 0 Å². The first-order valence-electron chi connectivity index (χ1n) is 33.2. The number of hydrogen-bond acceptors (Lipinski definition) is 6. The molecule has 0 aliphatic rings. The lowest BCUT2D eigenvalue weighted by Crippen LogP contribution is -2.30. The number of carbonyl (C=O) groups excluding carboxylic acids is 3. The van der Waals surface area contributed by atoms with E-state index in [0.717, 1.165) is 103 Å². The first-order chi connectivity index (χ1) is 38.5. The van der Waals surface area contributed by atoms with Crippen LogP contribution in [0.25, 0.3) is 0 Å². The highest BCUT2D eigenvalue weighted by atomic mass is 16.6. The summed E-state index contributed by atoms with van der Waals surface area (Å²) in [7, 11) is 0. The van der Waals surface area contributed by atoms with Crippen LogP contribution in [0, 0.1) is 0 Å². The molecule has 0 saturated carbocycles. The van der Waals surface area contributed by atoms with Crippen molar-refractivity contribution in [1.82, 2.24) is 0 Å². The van der Waals surface area contributed by atoms with Crippen molar-refractivity contribution in [2.24, 2.45) is 0 Å². The van der Waals surface area contributed by atoms with Crippen LogP contribution in [0.4, 0.5) is 0 Å². The average molecular weight is 1090 g/mol. The van der Waals surface area contributed by atoms with Crippen LogP contribution in [0.1, 0.15) is 323 Å². The molecule has 0 fully saturated rings. The molecule has 1 unspecified atom stereocenters. The second-order valence-corrected chi connectivity index (χ2v) is 22.0. The van der Waals surface area contributed by atoms with E-state index in [2.05, 4.69) is 118 Å². The first kappa shape index (κ1) is 74.3. The van der Waals surface area contributed by atoms with Crippen molar-refractivity contribution < 1.29 is 28.6 Å². The zero-order valence-electron chi connectivity index (χ0n) is 51.4. The van der Waals surface area contributed by atoms with Gasteiger partial charge in [0.15, 0.2) is 6.10 Å². The summed E-state index contributed by atoms with van der Waals surface area (Å²) in [6, 6.07) is 0. The number of unbranched alkanes of at least 4 members (excludes halogenated alkanes) is 33. The molecule has 1 atom stereocenters. The van der Waals surface area contributed by atoms with Gasteiger partial charge in [0.1, 0.15) is 13.2 Å². The Morgan fingerprint density at radius 3 is 0.821 bits per heavy atom. The largest absolute Gasteiger partial charge is 0.462 e. The molecule has 0 N–H and O–H groups in total. The Labute approximate surface area is 483 Å². The van der Waals surface area contributed by atoms with Crippen molar-refractivity contribution in [2.45, 2.75) is 329 Å². The zero-order chi connectivity index (χ0) is 56.4. The van der Waals surface area contributed by atoms with Crippen LogP contribution in [0.3, 0.4) is 0 Å². The standard InChI is InChI=1S/C72H124O6/c1-4-7-10-13-16-19-22-25-28-30-32-33-34-35-36-37-38-39-41-42-44-47-50-53-56-59-62-65-71(74)77-68-69(67-76-70(73)64-61-58-55-52-49-46-27-24-21-18-15-12-9-6-3)78-72(75)66-63-60-57-54-51-48-45-43-40-31-29-26-23-20-17-14-11-8-5-2/h7,10,16-17,19-20,24-29,32-33,35-36,69H,4-6,8-9,11-15,18,21-23,30-31,34,37-68H2,1-3H3/b10-7-,19-16-,20-17-,27-24-,28-25-,29-26-,33-32-,36-35-. The van der Waals surface area contributed by atoms with E-state index in [1.807, 2.05) is 0 Å². The molecule has 0 aromatic rings. The molecule has 6 nitrogen and oxygen atoms in total. The van der Waals surface area contributed by atoms with Gasteiger partial charge in [-0.1, -0.05) is 279 Å². The predicted octanol–water partition coefficient (Wildman–Crippen LogP) is 22.8. The van der Waals surface area contributed by atoms with E-state index in [4.69, 9.17) is 14.2 Å².